The van der Waals surface area contributed by atoms with Crippen LogP contribution in [-0.4, -0.2) is 5.54 Å². The van der Waals surface area contributed by atoms with E-state index in [1.165, 1.54) is 12.1 Å². The van der Waals surface area contributed by atoms with Gasteiger partial charge in [0.1, 0.15) is 11.6 Å². The summed E-state index contributed by atoms with van der Waals surface area (Å²) in [7, 11) is 0. The summed E-state index contributed by atoms with van der Waals surface area (Å²) in [6, 6.07) is 3.62. The van der Waals surface area contributed by atoms with Crippen LogP contribution >= 0.6 is 0 Å². The molecule has 1 aromatic rings. The molecule has 0 aromatic heterocycles. The highest BCUT2D eigenvalue weighted by atomic mass is 19.1. The van der Waals surface area contributed by atoms with E-state index in [0.29, 0.717) is 12.0 Å². The fourth-order valence-corrected chi connectivity index (χ4v) is 2.04. The van der Waals surface area contributed by atoms with Gasteiger partial charge in [0.2, 0.25) is 0 Å². The Morgan fingerprint density at radius 1 is 1.12 bits per heavy atom. The second-order valence-corrected chi connectivity index (χ2v) is 4.77. The maximum absolute atomic E-state index is 13.1. The molecule has 96 valence electrons. The summed E-state index contributed by atoms with van der Waals surface area (Å²) >= 11 is 0. The van der Waals surface area contributed by atoms with Gasteiger partial charge in [0.15, 0.2) is 0 Å². The lowest BCUT2D eigenvalue weighted by atomic mass is 9.84. The van der Waals surface area contributed by atoms with Crippen molar-refractivity contribution >= 4 is 0 Å². The van der Waals surface area contributed by atoms with E-state index >= 15 is 0 Å². The largest absolute Gasteiger partial charge is 0.325 e. The van der Waals surface area contributed by atoms with Gasteiger partial charge in [-0.25, -0.2) is 8.78 Å². The van der Waals surface area contributed by atoms with Crippen LogP contribution in [0.15, 0.2) is 18.2 Å². The summed E-state index contributed by atoms with van der Waals surface area (Å²) in [5, 5.41) is 0. The molecule has 0 spiro atoms. The molecule has 0 radical (unpaired) electrons. The predicted octanol–water partition coefficient (Wildman–Crippen LogP) is 3.81. The molecule has 17 heavy (non-hydrogen) atoms. The predicted molar refractivity (Wildman–Crippen MR) is 66.8 cm³/mol. The van der Waals surface area contributed by atoms with E-state index in [9.17, 15) is 8.78 Å². The van der Waals surface area contributed by atoms with Crippen molar-refractivity contribution in [3.63, 3.8) is 0 Å². The monoisotopic (exact) mass is 241 g/mol. The van der Waals surface area contributed by atoms with Crippen molar-refractivity contribution in [2.24, 2.45) is 5.73 Å². The Bertz CT molecular complexity index is 345. The molecular formula is C14H21F2N. The summed E-state index contributed by atoms with van der Waals surface area (Å²) in [4.78, 5) is 0. The summed E-state index contributed by atoms with van der Waals surface area (Å²) in [5.41, 5.74) is 6.56. The van der Waals surface area contributed by atoms with E-state index in [1.807, 2.05) is 6.92 Å². The van der Waals surface area contributed by atoms with Crippen molar-refractivity contribution in [2.45, 2.75) is 51.5 Å². The third kappa shape index (κ3) is 4.43. The van der Waals surface area contributed by atoms with E-state index in [1.54, 1.807) is 0 Å². The molecule has 0 saturated carbocycles. The zero-order valence-corrected chi connectivity index (χ0v) is 10.6. The lowest BCUT2D eigenvalue weighted by Gasteiger charge is -2.28. The van der Waals surface area contributed by atoms with Crippen LogP contribution < -0.4 is 5.73 Å². The molecule has 1 nitrogen and oxygen atoms in total. The zero-order chi connectivity index (χ0) is 12.9. The average molecular weight is 241 g/mol. The molecule has 0 saturated heterocycles. The minimum atomic E-state index is -0.533. The smallest absolute Gasteiger partial charge is 0.126 e. The van der Waals surface area contributed by atoms with Crippen molar-refractivity contribution in [3.05, 3.63) is 35.4 Å². The van der Waals surface area contributed by atoms with Gasteiger partial charge < -0.3 is 5.73 Å². The fraction of sp³-hybridized carbons (Fsp3) is 0.571. The normalized spacial score (nSPS) is 14.6. The van der Waals surface area contributed by atoms with Gasteiger partial charge in [-0.15, -0.1) is 0 Å². The SMILES string of the molecule is CCCCC(N)(CC)Cc1cc(F)cc(F)c1. The maximum atomic E-state index is 13.1. The molecule has 1 atom stereocenters. The van der Waals surface area contributed by atoms with Crippen molar-refractivity contribution < 1.29 is 8.78 Å². The average Bonchev–Trinajstić information content (AvgIpc) is 2.25. The van der Waals surface area contributed by atoms with Gasteiger partial charge in [0.25, 0.3) is 0 Å². The third-order valence-corrected chi connectivity index (χ3v) is 3.21. The van der Waals surface area contributed by atoms with E-state index in [-0.39, 0.29) is 5.54 Å². The molecule has 3 heteroatoms. The zero-order valence-electron chi connectivity index (χ0n) is 10.6. The Hall–Kier alpha value is -0.960. The van der Waals surface area contributed by atoms with Crippen LogP contribution in [0.25, 0.3) is 0 Å². The molecule has 0 aliphatic carbocycles. The molecule has 1 aromatic carbocycles. The van der Waals surface area contributed by atoms with Gasteiger partial charge in [-0.3, -0.25) is 0 Å². The first kappa shape index (κ1) is 14.1. The minimum Gasteiger partial charge on any atom is -0.325 e. The van der Waals surface area contributed by atoms with Crippen LogP contribution in [0.1, 0.15) is 45.1 Å². The van der Waals surface area contributed by atoms with Gasteiger partial charge >= 0.3 is 0 Å². The van der Waals surface area contributed by atoms with Crippen LogP contribution in [0.3, 0.4) is 0 Å². The van der Waals surface area contributed by atoms with E-state index in [0.717, 1.165) is 31.7 Å². The van der Waals surface area contributed by atoms with Crippen LogP contribution in [0, 0.1) is 11.6 Å². The highest BCUT2D eigenvalue weighted by Crippen LogP contribution is 2.22. The van der Waals surface area contributed by atoms with Crippen molar-refractivity contribution in [1.29, 1.82) is 0 Å². The highest BCUT2D eigenvalue weighted by Gasteiger charge is 2.22. The number of hydrogen-bond donors (Lipinski definition) is 1. The second-order valence-electron chi connectivity index (χ2n) is 4.77. The van der Waals surface area contributed by atoms with Crippen LogP contribution in [0.4, 0.5) is 8.78 Å². The van der Waals surface area contributed by atoms with Crippen molar-refractivity contribution in [3.8, 4) is 0 Å². The number of rotatable bonds is 6. The van der Waals surface area contributed by atoms with Gasteiger partial charge in [-0.1, -0.05) is 26.7 Å². The molecule has 0 heterocycles. The first-order chi connectivity index (χ1) is 7.99. The fourth-order valence-electron chi connectivity index (χ4n) is 2.04. The second kappa shape index (κ2) is 6.10. The Labute approximate surface area is 102 Å². The van der Waals surface area contributed by atoms with Gasteiger partial charge in [0.05, 0.1) is 0 Å². The summed E-state index contributed by atoms with van der Waals surface area (Å²) in [6.07, 6.45) is 4.35. The van der Waals surface area contributed by atoms with Crippen LogP contribution in [0.2, 0.25) is 0 Å². The molecule has 0 aliphatic heterocycles. The summed E-state index contributed by atoms with van der Waals surface area (Å²) in [6.45, 7) is 4.13. The lowest BCUT2D eigenvalue weighted by Crippen LogP contribution is -2.41. The Kier molecular flexibility index (Phi) is 5.06. The topological polar surface area (TPSA) is 26.0 Å². The Balaban J connectivity index is 2.79. The van der Waals surface area contributed by atoms with Gasteiger partial charge in [0, 0.05) is 11.6 Å². The first-order valence-corrected chi connectivity index (χ1v) is 6.23. The summed E-state index contributed by atoms with van der Waals surface area (Å²) < 4.78 is 26.2. The Morgan fingerprint density at radius 3 is 2.18 bits per heavy atom. The number of hydrogen-bond acceptors (Lipinski definition) is 1. The quantitative estimate of drug-likeness (QED) is 0.805. The molecule has 0 bridgehead atoms. The van der Waals surface area contributed by atoms with E-state index < -0.39 is 11.6 Å². The molecule has 1 rings (SSSR count). The number of halogens is 2. The first-order valence-electron chi connectivity index (χ1n) is 6.23. The van der Waals surface area contributed by atoms with Crippen LogP contribution in [0.5, 0.6) is 0 Å². The minimum absolute atomic E-state index is 0.351. The lowest BCUT2D eigenvalue weighted by molar-refractivity contribution is 0.364. The van der Waals surface area contributed by atoms with Crippen molar-refractivity contribution in [1.82, 2.24) is 0 Å². The van der Waals surface area contributed by atoms with E-state index in [2.05, 4.69) is 6.92 Å². The highest BCUT2D eigenvalue weighted by molar-refractivity contribution is 5.20. The summed E-state index contributed by atoms with van der Waals surface area (Å²) in [5.74, 6) is -1.07. The number of nitrogens with two attached hydrogens (primary N) is 1. The van der Waals surface area contributed by atoms with Gasteiger partial charge in [-0.2, -0.15) is 0 Å². The molecule has 0 amide bonds. The van der Waals surface area contributed by atoms with Gasteiger partial charge in [-0.05, 0) is 37.0 Å². The molecule has 0 fully saturated rings. The third-order valence-electron chi connectivity index (χ3n) is 3.21. The molecule has 0 aliphatic rings. The molecule has 1 unspecified atom stereocenters. The van der Waals surface area contributed by atoms with Crippen LogP contribution in [-0.2, 0) is 6.42 Å². The number of unbranched alkanes of at least 4 members (excludes halogenated alkanes) is 1. The number of benzene rings is 1. The molecule has 2 N–H and O–H groups in total. The standard InChI is InChI=1S/C14H21F2N/c1-3-5-6-14(17,4-2)10-11-7-12(15)9-13(16)8-11/h7-9H,3-6,10,17H2,1-2H3. The Morgan fingerprint density at radius 2 is 1.71 bits per heavy atom. The van der Waals surface area contributed by atoms with Crippen molar-refractivity contribution in [2.75, 3.05) is 0 Å². The maximum Gasteiger partial charge on any atom is 0.126 e. The molecular weight excluding hydrogens is 220 g/mol. The van der Waals surface area contributed by atoms with E-state index in [4.69, 9.17) is 5.73 Å².